The average Bonchev–Trinajstić information content (AvgIpc) is 2.05. The lowest BCUT2D eigenvalue weighted by Crippen LogP contribution is -1.85. The lowest BCUT2D eigenvalue weighted by Gasteiger charge is -1.87. The zero-order chi connectivity index (χ0) is 6.81. The average molecular weight is 131 g/mol. The van der Waals surface area contributed by atoms with Crippen LogP contribution in [0.1, 0.15) is 0 Å². The topological polar surface area (TPSA) is 51.6 Å². The molecular weight excluding hydrogens is 128 g/mol. The Bertz CT molecular complexity index is 281. The minimum atomic E-state index is 0.720. The first-order chi connectivity index (χ1) is 4.97. The van der Waals surface area contributed by atoms with Gasteiger partial charge in [-0.3, -0.25) is 0 Å². The van der Waals surface area contributed by atoms with Gasteiger partial charge in [0.2, 0.25) is 0 Å². The zero-order valence-corrected chi connectivity index (χ0v) is 5.02. The third kappa shape index (κ3) is 0.699. The maximum atomic E-state index is 3.80. The molecule has 10 heavy (non-hydrogen) atoms. The Hall–Kier alpha value is -1.58. The first-order valence-corrected chi connectivity index (χ1v) is 2.77. The third-order valence-corrected chi connectivity index (χ3v) is 1.16. The molecule has 1 radical (unpaired) electrons. The fourth-order valence-corrected chi connectivity index (χ4v) is 0.699. The van der Waals surface area contributed by atoms with Gasteiger partial charge in [-0.1, -0.05) is 0 Å². The SMILES string of the molecule is [c]1nncc2nnccc12. The van der Waals surface area contributed by atoms with E-state index in [4.69, 9.17) is 0 Å². The van der Waals surface area contributed by atoms with Crippen LogP contribution in [0.25, 0.3) is 10.9 Å². The minimum Gasteiger partial charge on any atom is -0.158 e. The van der Waals surface area contributed by atoms with Gasteiger partial charge in [-0.2, -0.15) is 10.2 Å². The second-order valence-electron chi connectivity index (χ2n) is 1.79. The molecule has 0 aliphatic heterocycles. The van der Waals surface area contributed by atoms with Crippen molar-refractivity contribution >= 4 is 10.9 Å². The van der Waals surface area contributed by atoms with E-state index >= 15 is 0 Å². The maximum absolute atomic E-state index is 3.80. The summed E-state index contributed by atoms with van der Waals surface area (Å²) in [5.74, 6) is 0. The Morgan fingerprint density at radius 2 is 2.30 bits per heavy atom. The van der Waals surface area contributed by atoms with Crippen LogP contribution >= 0.6 is 0 Å². The first kappa shape index (κ1) is 5.22. The van der Waals surface area contributed by atoms with Crippen molar-refractivity contribution in [3.8, 4) is 0 Å². The molecule has 2 aromatic rings. The van der Waals surface area contributed by atoms with Crippen molar-refractivity contribution in [3.05, 3.63) is 24.7 Å². The maximum Gasteiger partial charge on any atom is 0.123 e. The van der Waals surface area contributed by atoms with Gasteiger partial charge in [0.15, 0.2) is 0 Å². The highest BCUT2D eigenvalue weighted by Gasteiger charge is 1.90. The minimum absolute atomic E-state index is 0.720. The monoisotopic (exact) mass is 131 g/mol. The van der Waals surface area contributed by atoms with Gasteiger partial charge in [-0.25, -0.2) is 0 Å². The van der Waals surface area contributed by atoms with Crippen molar-refractivity contribution in [2.24, 2.45) is 0 Å². The van der Waals surface area contributed by atoms with Gasteiger partial charge in [-0.05, 0) is 6.07 Å². The molecule has 2 rings (SSSR count). The highest BCUT2D eigenvalue weighted by atomic mass is 15.1. The fourth-order valence-electron chi connectivity index (χ4n) is 0.699. The molecule has 0 aliphatic rings. The Kier molecular flexibility index (Phi) is 1.04. The van der Waals surface area contributed by atoms with Gasteiger partial charge in [-0.15, -0.1) is 10.2 Å². The Morgan fingerprint density at radius 3 is 3.20 bits per heavy atom. The largest absolute Gasteiger partial charge is 0.158 e. The Morgan fingerprint density at radius 1 is 1.30 bits per heavy atom. The van der Waals surface area contributed by atoms with Crippen molar-refractivity contribution < 1.29 is 0 Å². The summed E-state index contributed by atoms with van der Waals surface area (Å²) >= 11 is 0. The molecule has 0 spiro atoms. The van der Waals surface area contributed by atoms with Crippen LogP contribution in [0.2, 0.25) is 0 Å². The van der Waals surface area contributed by atoms with E-state index < -0.39 is 0 Å². The molecule has 4 nitrogen and oxygen atoms in total. The number of fused-ring (bicyclic) bond motifs is 1. The van der Waals surface area contributed by atoms with Crippen LogP contribution in [0.3, 0.4) is 0 Å². The summed E-state index contributed by atoms with van der Waals surface area (Å²) in [7, 11) is 0. The first-order valence-electron chi connectivity index (χ1n) is 2.77. The lowest BCUT2D eigenvalue weighted by molar-refractivity contribution is 1.01. The van der Waals surface area contributed by atoms with Crippen molar-refractivity contribution in [2.45, 2.75) is 0 Å². The lowest BCUT2D eigenvalue weighted by atomic mass is 10.3. The van der Waals surface area contributed by atoms with E-state index in [2.05, 4.69) is 26.6 Å². The molecule has 0 aromatic carbocycles. The molecule has 0 bridgehead atoms. The molecule has 2 heterocycles. The van der Waals surface area contributed by atoms with Gasteiger partial charge in [0.25, 0.3) is 0 Å². The van der Waals surface area contributed by atoms with E-state index in [1.54, 1.807) is 18.5 Å². The van der Waals surface area contributed by atoms with Crippen LogP contribution in [-0.2, 0) is 0 Å². The number of hydrogen-bond donors (Lipinski definition) is 0. The van der Waals surface area contributed by atoms with Gasteiger partial charge in [0.05, 0.1) is 12.4 Å². The summed E-state index contributed by atoms with van der Waals surface area (Å²) in [5, 5.41) is 15.5. The highest BCUT2D eigenvalue weighted by molar-refractivity contribution is 5.74. The van der Waals surface area contributed by atoms with Crippen molar-refractivity contribution in [1.82, 2.24) is 20.4 Å². The van der Waals surface area contributed by atoms with Crippen molar-refractivity contribution in [3.63, 3.8) is 0 Å². The molecular formula is C6H3N4. The van der Waals surface area contributed by atoms with Gasteiger partial charge < -0.3 is 0 Å². The zero-order valence-electron chi connectivity index (χ0n) is 5.02. The van der Waals surface area contributed by atoms with E-state index in [0.717, 1.165) is 10.9 Å². The quantitative estimate of drug-likeness (QED) is 0.513. The number of aromatic nitrogens is 4. The summed E-state index contributed by atoms with van der Waals surface area (Å²) in [5.41, 5.74) is 0.720. The van der Waals surface area contributed by atoms with E-state index in [9.17, 15) is 0 Å². The van der Waals surface area contributed by atoms with Crippen LogP contribution in [0.5, 0.6) is 0 Å². The predicted molar refractivity (Wildman–Crippen MR) is 34.0 cm³/mol. The van der Waals surface area contributed by atoms with Crippen LogP contribution in [0, 0.1) is 6.20 Å². The Labute approximate surface area is 56.9 Å². The van der Waals surface area contributed by atoms with E-state index in [1.165, 1.54) is 0 Å². The molecule has 0 unspecified atom stereocenters. The third-order valence-electron chi connectivity index (χ3n) is 1.16. The summed E-state index contributed by atoms with van der Waals surface area (Å²) < 4.78 is 0. The van der Waals surface area contributed by atoms with Crippen LogP contribution in [0.15, 0.2) is 18.5 Å². The van der Waals surface area contributed by atoms with Gasteiger partial charge in [0.1, 0.15) is 11.7 Å². The summed E-state index contributed by atoms with van der Waals surface area (Å²) in [6.45, 7) is 0. The van der Waals surface area contributed by atoms with Gasteiger partial charge in [0, 0.05) is 5.39 Å². The van der Waals surface area contributed by atoms with Crippen LogP contribution in [-0.4, -0.2) is 20.4 Å². The number of hydrogen-bond acceptors (Lipinski definition) is 4. The molecule has 0 saturated heterocycles. The van der Waals surface area contributed by atoms with Gasteiger partial charge >= 0.3 is 0 Å². The second-order valence-corrected chi connectivity index (χ2v) is 1.79. The number of nitrogens with zero attached hydrogens (tertiary/aromatic N) is 4. The summed E-state index contributed by atoms with van der Waals surface area (Å²) in [6, 6.07) is 1.79. The van der Waals surface area contributed by atoms with Crippen LogP contribution in [0.4, 0.5) is 0 Å². The highest BCUT2D eigenvalue weighted by Crippen LogP contribution is 2.02. The standard InChI is InChI=1S/C6H3N4/c1-2-7-10-6-4-9-8-3-5(1)6/h1-2,4H. The molecule has 4 heteroatoms. The fraction of sp³-hybridized carbons (Fsp3) is 0. The molecule has 2 aromatic heterocycles. The predicted octanol–water partition coefficient (Wildman–Crippen LogP) is 0.220. The van der Waals surface area contributed by atoms with Crippen molar-refractivity contribution in [2.75, 3.05) is 0 Å². The summed E-state index contributed by atoms with van der Waals surface area (Å²) in [6.07, 6.45) is 5.84. The molecule has 0 atom stereocenters. The molecule has 47 valence electrons. The van der Waals surface area contributed by atoms with E-state index in [1.807, 2.05) is 0 Å². The molecule has 0 fully saturated rings. The second kappa shape index (κ2) is 1.98. The van der Waals surface area contributed by atoms with E-state index in [0.29, 0.717) is 0 Å². The normalized spacial score (nSPS) is 10.0. The number of rotatable bonds is 0. The molecule has 0 amide bonds. The smallest absolute Gasteiger partial charge is 0.123 e. The van der Waals surface area contributed by atoms with Crippen LogP contribution < -0.4 is 0 Å². The molecule has 0 saturated carbocycles. The summed E-state index contributed by atoms with van der Waals surface area (Å²) in [4.78, 5) is 0. The van der Waals surface area contributed by atoms with E-state index in [-0.39, 0.29) is 0 Å². The Balaban J connectivity index is 2.89. The molecule has 0 N–H and O–H groups in total. The van der Waals surface area contributed by atoms with Crippen molar-refractivity contribution in [1.29, 1.82) is 0 Å². The molecule has 0 aliphatic carbocycles.